The molecule has 25 heavy (non-hydrogen) atoms. The highest BCUT2D eigenvalue weighted by Crippen LogP contribution is 2.35. The molecular weight excluding hydrogens is 362 g/mol. The van der Waals surface area contributed by atoms with Gasteiger partial charge in [-0.15, -0.1) is 23.7 Å². The molecule has 2 rings (SSSR count). The number of nitrogens with zero attached hydrogens (tertiary/aromatic N) is 1. The van der Waals surface area contributed by atoms with E-state index in [0.29, 0.717) is 34.7 Å². The Morgan fingerprint density at radius 2 is 2.04 bits per heavy atom. The van der Waals surface area contributed by atoms with Crippen LogP contribution in [0.1, 0.15) is 20.3 Å². The van der Waals surface area contributed by atoms with E-state index in [1.165, 1.54) is 11.3 Å². The fourth-order valence-corrected chi connectivity index (χ4v) is 3.00. The van der Waals surface area contributed by atoms with E-state index < -0.39 is 6.04 Å². The molecule has 1 atom stereocenters. The van der Waals surface area contributed by atoms with E-state index >= 15 is 0 Å². The normalized spacial score (nSPS) is 11.6. The molecule has 3 N–H and O–H groups in total. The van der Waals surface area contributed by atoms with Crippen LogP contribution in [0.2, 0.25) is 0 Å². The number of hydrogen-bond donors (Lipinski definition) is 2. The maximum atomic E-state index is 12.1. The molecule has 0 saturated carbocycles. The lowest BCUT2D eigenvalue weighted by Crippen LogP contribution is -2.36. The van der Waals surface area contributed by atoms with Crippen LogP contribution in [0.5, 0.6) is 11.5 Å². The summed E-state index contributed by atoms with van der Waals surface area (Å²) >= 11 is 1.35. The molecule has 2 aromatic rings. The topological polar surface area (TPSA) is 86.5 Å². The van der Waals surface area contributed by atoms with Crippen LogP contribution in [-0.4, -0.2) is 31.2 Å². The molecule has 8 heteroatoms. The van der Waals surface area contributed by atoms with Crippen molar-refractivity contribution in [1.29, 1.82) is 0 Å². The monoisotopic (exact) mass is 385 g/mol. The number of halogens is 1. The molecule has 0 bridgehead atoms. The van der Waals surface area contributed by atoms with Gasteiger partial charge in [-0.2, -0.15) is 0 Å². The summed E-state index contributed by atoms with van der Waals surface area (Å²) in [5.41, 5.74) is 7.41. The summed E-state index contributed by atoms with van der Waals surface area (Å²) in [5, 5.41) is 5.15. The number of amides is 1. The Bertz CT molecular complexity index is 706. The van der Waals surface area contributed by atoms with Gasteiger partial charge in [0.2, 0.25) is 5.91 Å². The van der Waals surface area contributed by atoms with Crippen molar-refractivity contribution >= 4 is 34.8 Å². The number of nitrogens with two attached hydrogens (primary N) is 1. The maximum Gasteiger partial charge on any atom is 0.243 e. The van der Waals surface area contributed by atoms with Crippen LogP contribution in [0.15, 0.2) is 23.6 Å². The SMILES string of the molecule is COc1ccc(OC)c(-c2csc(NC(=O)[C@@H](N)CC(C)C)n2)c1.Cl. The largest absolute Gasteiger partial charge is 0.497 e. The van der Waals surface area contributed by atoms with E-state index in [1.807, 2.05) is 37.4 Å². The number of carbonyl (C=O) groups excluding carboxylic acids is 1. The van der Waals surface area contributed by atoms with Crippen LogP contribution in [0.25, 0.3) is 11.3 Å². The van der Waals surface area contributed by atoms with Gasteiger partial charge in [0.05, 0.1) is 26.0 Å². The smallest absolute Gasteiger partial charge is 0.243 e. The second kappa shape index (κ2) is 9.60. The first kappa shape index (κ1) is 21.2. The van der Waals surface area contributed by atoms with Gasteiger partial charge in [-0.05, 0) is 30.5 Å². The molecule has 1 aromatic carbocycles. The lowest BCUT2D eigenvalue weighted by molar-refractivity contribution is -0.117. The van der Waals surface area contributed by atoms with Crippen LogP contribution < -0.4 is 20.5 Å². The third-order valence-electron chi connectivity index (χ3n) is 3.48. The van der Waals surface area contributed by atoms with E-state index in [0.717, 1.165) is 5.56 Å². The molecule has 0 radical (unpaired) electrons. The van der Waals surface area contributed by atoms with E-state index in [2.05, 4.69) is 10.3 Å². The summed E-state index contributed by atoms with van der Waals surface area (Å²) in [6.45, 7) is 4.06. The van der Waals surface area contributed by atoms with E-state index in [1.54, 1.807) is 14.2 Å². The molecule has 1 aromatic heterocycles. The van der Waals surface area contributed by atoms with Gasteiger partial charge in [-0.25, -0.2) is 4.98 Å². The Morgan fingerprint density at radius 3 is 2.64 bits per heavy atom. The van der Waals surface area contributed by atoms with Crippen molar-refractivity contribution in [2.24, 2.45) is 11.7 Å². The van der Waals surface area contributed by atoms with Gasteiger partial charge in [-0.3, -0.25) is 4.79 Å². The number of hydrogen-bond acceptors (Lipinski definition) is 6. The lowest BCUT2D eigenvalue weighted by Gasteiger charge is -2.12. The van der Waals surface area contributed by atoms with Crippen LogP contribution in [0, 0.1) is 5.92 Å². The number of carbonyl (C=O) groups is 1. The fraction of sp³-hybridized carbons (Fsp3) is 0.412. The first-order valence-electron chi connectivity index (χ1n) is 7.69. The highest BCUT2D eigenvalue weighted by atomic mass is 35.5. The summed E-state index contributed by atoms with van der Waals surface area (Å²) in [7, 11) is 3.21. The summed E-state index contributed by atoms with van der Waals surface area (Å²) in [6.07, 6.45) is 0.633. The van der Waals surface area contributed by atoms with Gasteiger partial charge in [0.1, 0.15) is 11.5 Å². The maximum absolute atomic E-state index is 12.1. The van der Waals surface area contributed by atoms with Crippen molar-refractivity contribution in [2.45, 2.75) is 26.3 Å². The van der Waals surface area contributed by atoms with Crippen molar-refractivity contribution in [1.82, 2.24) is 4.98 Å². The van der Waals surface area contributed by atoms with Crippen molar-refractivity contribution in [3.8, 4) is 22.8 Å². The molecule has 6 nitrogen and oxygen atoms in total. The van der Waals surface area contributed by atoms with E-state index in [4.69, 9.17) is 15.2 Å². The summed E-state index contributed by atoms with van der Waals surface area (Å²) < 4.78 is 10.6. The quantitative estimate of drug-likeness (QED) is 0.760. The number of benzene rings is 1. The highest BCUT2D eigenvalue weighted by Gasteiger charge is 2.17. The van der Waals surface area contributed by atoms with Crippen LogP contribution in [-0.2, 0) is 4.79 Å². The third kappa shape index (κ3) is 5.59. The predicted octanol–water partition coefficient (Wildman–Crippen LogP) is 3.56. The first-order valence-corrected chi connectivity index (χ1v) is 8.57. The molecule has 0 saturated heterocycles. The number of anilines is 1. The van der Waals surface area contributed by atoms with Gasteiger partial charge in [-0.1, -0.05) is 13.8 Å². The number of ether oxygens (including phenoxy) is 2. The number of nitrogens with one attached hydrogen (secondary N) is 1. The Hall–Kier alpha value is -1.83. The minimum Gasteiger partial charge on any atom is -0.497 e. The molecule has 0 aliphatic heterocycles. The number of methoxy groups -OCH3 is 2. The number of rotatable bonds is 7. The van der Waals surface area contributed by atoms with Gasteiger partial charge in [0, 0.05) is 10.9 Å². The van der Waals surface area contributed by atoms with Crippen molar-refractivity contribution in [3.05, 3.63) is 23.6 Å². The molecule has 0 spiro atoms. The molecule has 0 aliphatic rings. The molecule has 138 valence electrons. The van der Waals surface area contributed by atoms with Crippen LogP contribution in [0.3, 0.4) is 0 Å². The molecule has 0 aliphatic carbocycles. The lowest BCUT2D eigenvalue weighted by atomic mass is 10.0. The van der Waals surface area contributed by atoms with Crippen LogP contribution in [0.4, 0.5) is 5.13 Å². The third-order valence-corrected chi connectivity index (χ3v) is 4.24. The fourth-order valence-electron chi connectivity index (χ4n) is 2.28. The Kier molecular flexibility index (Phi) is 8.15. The van der Waals surface area contributed by atoms with Crippen LogP contribution >= 0.6 is 23.7 Å². The van der Waals surface area contributed by atoms with Gasteiger partial charge in [0.25, 0.3) is 0 Å². The summed E-state index contributed by atoms with van der Waals surface area (Å²) in [4.78, 5) is 16.6. The van der Waals surface area contributed by atoms with Gasteiger partial charge in [0.15, 0.2) is 5.13 Å². The Balaban J connectivity index is 0.00000312. The second-order valence-corrected chi connectivity index (χ2v) is 6.69. The molecule has 0 unspecified atom stereocenters. The number of aromatic nitrogens is 1. The standard InChI is InChI=1S/C17H23N3O3S.ClH/c1-10(2)7-13(18)16(21)20-17-19-14(9-24-17)12-8-11(22-3)5-6-15(12)23-4;/h5-6,8-10,13H,7,18H2,1-4H3,(H,19,20,21);1H/t13-;/m0./s1. The second-order valence-electron chi connectivity index (χ2n) is 5.83. The summed E-state index contributed by atoms with van der Waals surface area (Å²) in [5.74, 6) is 1.54. The summed E-state index contributed by atoms with van der Waals surface area (Å²) in [6, 6.07) is 4.96. The van der Waals surface area contributed by atoms with E-state index in [-0.39, 0.29) is 18.3 Å². The number of thiazole rings is 1. The highest BCUT2D eigenvalue weighted by molar-refractivity contribution is 7.14. The zero-order valence-electron chi connectivity index (χ0n) is 14.7. The molecule has 0 fully saturated rings. The van der Waals surface area contributed by atoms with Crippen molar-refractivity contribution in [2.75, 3.05) is 19.5 Å². The van der Waals surface area contributed by atoms with Crippen molar-refractivity contribution in [3.63, 3.8) is 0 Å². The van der Waals surface area contributed by atoms with Gasteiger partial charge >= 0.3 is 0 Å². The average Bonchev–Trinajstić information content (AvgIpc) is 3.01. The first-order chi connectivity index (χ1) is 11.4. The van der Waals surface area contributed by atoms with E-state index in [9.17, 15) is 4.79 Å². The molecular formula is C17H24ClN3O3S. The Morgan fingerprint density at radius 1 is 1.32 bits per heavy atom. The minimum atomic E-state index is -0.538. The molecule has 1 amide bonds. The Labute approximate surface area is 158 Å². The molecule has 1 heterocycles. The minimum absolute atomic E-state index is 0. The van der Waals surface area contributed by atoms with Crippen molar-refractivity contribution < 1.29 is 14.3 Å². The zero-order chi connectivity index (χ0) is 17.7. The zero-order valence-corrected chi connectivity index (χ0v) is 16.4. The average molecular weight is 386 g/mol. The van der Waals surface area contributed by atoms with Gasteiger partial charge < -0.3 is 20.5 Å². The predicted molar refractivity (Wildman–Crippen MR) is 104 cm³/mol.